The zero-order valence-electron chi connectivity index (χ0n) is 16.4. The van der Waals surface area contributed by atoms with Gasteiger partial charge in [0.15, 0.2) is 0 Å². The monoisotopic (exact) mass is 429 g/mol. The van der Waals surface area contributed by atoms with E-state index in [9.17, 15) is 14.7 Å². The molecule has 1 amide bonds. The molecule has 0 spiro atoms. The van der Waals surface area contributed by atoms with Crippen LogP contribution in [-0.2, 0) is 11.3 Å². The Morgan fingerprint density at radius 1 is 0.806 bits per heavy atom. The molecule has 31 heavy (non-hydrogen) atoms. The van der Waals surface area contributed by atoms with Gasteiger partial charge in [0.05, 0.1) is 0 Å². The van der Waals surface area contributed by atoms with Crippen LogP contribution in [0, 0.1) is 0 Å². The second-order valence-corrected chi connectivity index (χ2v) is 7.67. The lowest BCUT2D eigenvalue weighted by Crippen LogP contribution is -2.14. The van der Waals surface area contributed by atoms with Crippen LogP contribution in [0.3, 0.4) is 0 Å². The van der Waals surface area contributed by atoms with Crippen molar-refractivity contribution in [2.45, 2.75) is 6.61 Å². The van der Waals surface area contributed by atoms with Crippen LogP contribution in [0.15, 0.2) is 90.3 Å². The molecule has 5 nitrogen and oxygen atoms in total. The summed E-state index contributed by atoms with van der Waals surface area (Å²) >= 11 is 1.16. The van der Waals surface area contributed by atoms with Crippen LogP contribution in [0.25, 0.3) is 22.3 Å². The van der Waals surface area contributed by atoms with E-state index < -0.39 is 12.1 Å². The van der Waals surface area contributed by atoms with Crippen molar-refractivity contribution in [3.05, 3.63) is 101 Å². The summed E-state index contributed by atoms with van der Waals surface area (Å²) in [5.74, 6) is -1.11. The molecule has 0 aliphatic heterocycles. The summed E-state index contributed by atoms with van der Waals surface area (Å²) < 4.78 is 5.21. The molecule has 3 aromatic carbocycles. The molecule has 0 aliphatic rings. The summed E-state index contributed by atoms with van der Waals surface area (Å²) in [7, 11) is 0. The maximum absolute atomic E-state index is 12.2. The maximum Gasteiger partial charge on any atom is 0.412 e. The van der Waals surface area contributed by atoms with Crippen molar-refractivity contribution < 1.29 is 19.4 Å². The molecule has 0 radical (unpaired) electrons. The number of anilines is 1. The van der Waals surface area contributed by atoms with Gasteiger partial charge in [0.25, 0.3) is 0 Å². The smallest absolute Gasteiger partial charge is 0.412 e. The van der Waals surface area contributed by atoms with Crippen molar-refractivity contribution >= 4 is 28.4 Å². The highest BCUT2D eigenvalue weighted by atomic mass is 32.1. The van der Waals surface area contributed by atoms with E-state index in [-0.39, 0.29) is 17.2 Å². The number of carboxylic acid groups (broad SMARTS) is 1. The van der Waals surface area contributed by atoms with E-state index in [1.165, 1.54) is 0 Å². The van der Waals surface area contributed by atoms with Gasteiger partial charge in [0.2, 0.25) is 0 Å². The molecule has 0 fully saturated rings. The lowest BCUT2D eigenvalue weighted by Gasteiger charge is -2.08. The molecule has 6 heteroatoms. The average Bonchev–Trinajstić information content (AvgIpc) is 3.23. The Labute approximate surface area is 183 Å². The first-order chi connectivity index (χ1) is 15.1. The number of hydrogen-bond acceptors (Lipinski definition) is 4. The van der Waals surface area contributed by atoms with E-state index in [4.69, 9.17) is 4.74 Å². The van der Waals surface area contributed by atoms with E-state index in [0.29, 0.717) is 5.56 Å². The average molecular weight is 429 g/mol. The number of carbonyl (C=O) groups is 2. The van der Waals surface area contributed by atoms with Gasteiger partial charge < -0.3 is 9.84 Å². The first kappa shape index (κ1) is 20.4. The third-order valence-electron chi connectivity index (χ3n) is 4.74. The van der Waals surface area contributed by atoms with Gasteiger partial charge in [-0.3, -0.25) is 5.32 Å². The van der Waals surface area contributed by atoms with Crippen molar-refractivity contribution in [1.29, 1.82) is 0 Å². The van der Waals surface area contributed by atoms with Gasteiger partial charge >= 0.3 is 12.1 Å². The Hall–Kier alpha value is -3.90. The number of carbonyl (C=O) groups excluding carboxylic acids is 1. The van der Waals surface area contributed by atoms with Gasteiger partial charge in [-0.05, 0) is 22.3 Å². The number of benzene rings is 3. The number of ether oxygens (including phenoxy) is 1. The molecule has 1 aromatic heterocycles. The van der Waals surface area contributed by atoms with Crippen LogP contribution in [0.4, 0.5) is 9.80 Å². The molecular formula is C25H19NO4S. The molecule has 1 heterocycles. The Balaban J connectivity index is 1.52. The molecule has 0 aliphatic carbocycles. The van der Waals surface area contributed by atoms with Crippen molar-refractivity contribution in [3.8, 4) is 22.3 Å². The maximum atomic E-state index is 12.2. The van der Waals surface area contributed by atoms with Gasteiger partial charge in [-0.1, -0.05) is 84.9 Å². The standard InChI is InChI=1S/C25H19NO4S/c27-24(28)22-21(20-13-11-19(12-14-20)18-9-5-2-6-10-18)16-31-23(22)26-25(29)30-15-17-7-3-1-4-8-17/h1-14,16H,15H2,(H,26,29)(H,27,28). The molecule has 154 valence electrons. The van der Waals surface area contributed by atoms with Crippen LogP contribution in [0.5, 0.6) is 0 Å². The van der Waals surface area contributed by atoms with Crippen molar-refractivity contribution in [2.24, 2.45) is 0 Å². The second-order valence-electron chi connectivity index (χ2n) is 6.79. The molecule has 4 rings (SSSR count). The first-order valence-electron chi connectivity index (χ1n) is 9.60. The predicted molar refractivity (Wildman–Crippen MR) is 122 cm³/mol. The van der Waals surface area contributed by atoms with Crippen molar-refractivity contribution in [2.75, 3.05) is 5.32 Å². The molecular weight excluding hydrogens is 410 g/mol. The Morgan fingerprint density at radius 2 is 1.39 bits per heavy atom. The highest BCUT2D eigenvalue weighted by molar-refractivity contribution is 7.15. The van der Waals surface area contributed by atoms with Crippen LogP contribution in [0.1, 0.15) is 15.9 Å². The van der Waals surface area contributed by atoms with Gasteiger partial charge in [0, 0.05) is 10.9 Å². The normalized spacial score (nSPS) is 10.5. The van der Waals surface area contributed by atoms with Crippen molar-refractivity contribution in [1.82, 2.24) is 0 Å². The van der Waals surface area contributed by atoms with Crippen LogP contribution < -0.4 is 5.32 Å². The molecule has 4 aromatic rings. The second kappa shape index (κ2) is 9.28. The Bertz CT molecular complexity index is 1190. The molecule has 0 unspecified atom stereocenters. The third kappa shape index (κ3) is 4.82. The number of carboxylic acids is 1. The third-order valence-corrected chi connectivity index (χ3v) is 5.63. The van der Waals surface area contributed by atoms with Gasteiger partial charge in [-0.25, -0.2) is 9.59 Å². The zero-order chi connectivity index (χ0) is 21.6. The quantitative estimate of drug-likeness (QED) is 0.365. The number of amides is 1. The number of aromatic carboxylic acids is 1. The van der Waals surface area contributed by atoms with Crippen LogP contribution in [-0.4, -0.2) is 17.2 Å². The highest BCUT2D eigenvalue weighted by Crippen LogP contribution is 2.36. The van der Waals surface area contributed by atoms with Crippen LogP contribution >= 0.6 is 11.3 Å². The summed E-state index contributed by atoms with van der Waals surface area (Å²) in [6.45, 7) is 0.105. The van der Waals surface area contributed by atoms with E-state index >= 15 is 0 Å². The van der Waals surface area contributed by atoms with Crippen molar-refractivity contribution in [3.63, 3.8) is 0 Å². The fourth-order valence-corrected chi connectivity index (χ4v) is 4.15. The fourth-order valence-electron chi connectivity index (χ4n) is 3.20. The summed E-state index contributed by atoms with van der Waals surface area (Å²) in [6.07, 6.45) is -0.695. The minimum Gasteiger partial charge on any atom is -0.478 e. The number of hydrogen-bond donors (Lipinski definition) is 2. The van der Waals surface area contributed by atoms with E-state index in [1.54, 1.807) is 5.38 Å². The highest BCUT2D eigenvalue weighted by Gasteiger charge is 2.21. The SMILES string of the molecule is O=C(Nc1scc(-c2ccc(-c3ccccc3)cc2)c1C(=O)O)OCc1ccccc1. The van der Waals surface area contributed by atoms with Crippen LogP contribution in [0.2, 0.25) is 0 Å². The molecule has 0 saturated carbocycles. The largest absolute Gasteiger partial charge is 0.478 e. The summed E-state index contributed by atoms with van der Waals surface area (Å²) in [5.41, 5.74) is 4.34. The molecule has 0 atom stereocenters. The topological polar surface area (TPSA) is 75.6 Å². The van der Waals surface area contributed by atoms with Gasteiger partial charge in [-0.15, -0.1) is 11.3 Å². The first-order valence-corrected chi connectivity index (χ1v) is 10.5. The summed E-state index contributed by atoms with van der Waals surface area (Å²) in [6, 6.07) is 26.9. The van der Waals surface area contributed by atoms with E-state index in [1.807, 2.05) is 84.9 Å². The van der Waals surface area contributed by atoms with E-state index in [0.717, 1.165) is 33.6 Å². The Morgan fingerprint density at radius 3 is 2.03 bits per heavy atom. The minimum absolute atomic E-state index is 0.0501. The molecule has 0 bridgehead atoms. The Kier molecular flexibility index (Phi) is 6.10. The molecule has 2 N–H and O–H groups in total. The number of nitrogens with one attached hydrogen (secondary N) is 1. The zero-order valence-corrected chi connectivity index (χ0v) is 17.3. The fraction of sp³-hybridized carbons (Fsp3) is 0.0400. The minimum atomic E-state index is -1.11. The van der Waals surface area contributed by atoms with E-state index in [2.05, 4.69) is 5.32 Å². The van der Waals surface area contributed by atoms with Gasteiger partial charge in [-0.2, -0.15) is 0 Å². The number of thiophene rings is 1. The van der Waals surface area contributed by atoms with Gasteiger partial charge in [0.1, 0.15) is 17.2 Å². The lowest BCUT2D eigenvalue weighted by molar-refractivity contribution is 0.0699. The predicted octanol–water partition coefficient (Wildman–Crippen LogP) is 6.53. The number of rotatable bonds is 6. The summed E-state index contributed by atoms with van der Waals surface area (Å²) in [5, 5.41) is 14.3. The summed E-state index contributed by atoms with van der Waals surface area (Å²) in [4.78, 5) is 24.1. The lowest BCUT2D eigenvalue weighted by atomic mass is 9.99. The molecule has 0 saturated heterocycles.